The van der Waals surface area contributed by atoms with Gasteiger partial charge in [-0.15, -0.1) is 0 Å². The van der Waals surface area contributed by atoms with Gasteiger partial charge in [0.1, 0.15) is 0 Å². The van der Waals surface area contributed by atoms with Crippen LogP contribution in [-0.4, -0.2) is 190 Å². The monoisotopic (exact) mass is 1170 g/mol. The fourth-order valence-corrected chi connectivity index (χ4v) is 11.8. The molecule has 4 heterocycles. The van der Waals surface area contributed by atoms with Crippen molar-refractivity contribution < 1.29 is 56.4 Å². The number of hydrogen-bond acceptors (Lipinski definition) is 17. The molecule has 0 spiro atoms. The molecule has 19 nitrogen and oxygen atoms in total. The average molecular weight is 1170 g/mol. The summed E-state index contributed by atoms with van der Waals surface area (Å²) in [5.41, 5.74) is 12.3. The van der Waals surface area contributed by atoms with E-state index in [0.29, 0.717) is 118 Å². The van der Waals surface area contributed by atoms with Crippen molar-refractivity contribution in [2.45, 2.75) is 118 Å². The number of hydrogen-bond donors (Lipinski definition) is 8. The third-order valence-electron chi connectivity index (χ3n) is 12.0. The minimum atomic E-state index is -5.08. The summed E-state index contributed by atoms with van der Waals surface area (Å²) in [5.74, 6) is 0.197. The lowest BCUT2D eigenvalue weighted by Gasteiger charge is -2.21. The Bertz CT molecular complexity index is 1770. The van der Waals surface area contributed by atoms with E-state index < -0.39 is 12.1 Å². The number of rotatable bonds is 36. The molecule has 0 aliphatic carbocycles. The van der Waals surface area contributed by atoms with Gasteiger partial charge in [-0.05, 0) is 92.2 Å². The number of unbranched alkanes of at least 4 members (excludes halogenated alkanes) is 6. The molecule has 3 amide bonds. The van der Waals surface area contributed by atoms with Crippen LogP contribution in [0.4, 0.5) is 13.2 Å². The van der Waals surface area contributed by atoms with Crippen molar-refractivity contribution in [3.05, 3.63) is 33.4 Å². The number of nitrogens with zero attached hydrogens (tertiary/aromatic N) is 3. The molecule has 1 aromatic rings. The van der Waals surface area contributed by atoms with Crippen LogP contribution in [0.25, 0.3) is 0 Å². The van der Waals surface area contributed by atoms with Gasteiger partial charge in [0.25, 0.3) is 5.91 Å². The van der Waals surface area contributed by atoms with Crippen molar-refractivity contribution in [1.29, 1.82) is 0 Å². The molecule has 0 saturated carbocycles. The number of fused-ring (bicyclic) bond motifs is 2. The number of halogens is 4. The van der Waals surface area contributed by atoms with Crippen LogP contribution in [0.15, 0.2) is 34.3 Å². The normalized spacial score (nSPS) is 20.9. The summed E-state index contributed by atoms with van der Waals surface area (Å²) in [6.45, 7) is 6.36. The Morgan fingerprint density at radius 3 is 1.64 bits per heavy atom. The van der Waals surface area contributed by atoms with E-state index in [1.807, 2.05) is 46.6 Å². The van der Waals surface area contributed by atoms with Gasteiger partial charge >= 0.3 is 12.1 Å². The number of nitrogens with one attached hydrogen (secondary N) is 5. The number of aliphatic imine (C=N–C) groups is 2. The van der Waals surface area contributed by atoms with Crippen LogP contribution in [0.2, 0.25) is 0 Å². The zero-order chi connectivity index (χ0) is 52.0. The predicted molar refractivity (Wildman–Crippen MR) is 283 cm³/mol. The molecule has 4 aliphatic heterocycles. The molecule has 72 heavy (non-hydrogen) atoms. The number of amides is 3. The molecule has 25 heteroatoms. The summed E-state index contributed by atoms with van der Waals surface area (Å²) in [6, 6.07) is 8.88. The third kappa shape index (κ3) is 25.3. The van der Waals surface area contributed by atoms with Gasteiger partial charge in [0.2, 0.25) is 11.8 Å². The number of carbonyl (C=O) groups excluding carboxylic acids is 3. The molecule has 6 atom stereocenters. The zero-order valence-corrected chi connectivity index (χ0v) is 44.9. The van der Waals surface area contributed by atoms with Crippen LogP contribution >= 0.6 is 46.1 Å². The second-order valence-corrected chi connectivity index (χ2v) is 21.6. The molecule has 0 bridgehead atoms. The van der Waals surface area contributed by atoms with Gasteiger partial charge in [0, 0.05) is 83.7 Å². The van der Waals surface area contributed by atoms with Crippen LogP contribution in [0, 0.1) is 3.57 Å². The number of benzene rings is 1. The van der Waals surface area contributed by atoms with Gasteiger partial charge in [-0.3, -0.25) is 19.3 Å². The van der Waals surface area contributed by atoms with Gasteiger partial charge < -0.3 is 62.1 Å². The Kier molecular flexibility index (Phi) is 29.8. The number of aliphatic carboxylic acids is 1. The molecule has 0 aromatic heterocycles. The number of carbonyl (C=O) groups is 4. The number of ether oxygens (including phenoxy) is 4. The maximum Gasteiger partial charge on any atom is 0.490 e. The molecule has 10 N–H and O–H groups in total. The molecule has 408 valence electrons. The second-order valence-electron chi connectivity index (χ2n) is 17.8. The molecular weight excluding hydrogens is 1100 g/mol. The van der Waals surface area contributed by atoms with Crippen molar-refractivity contribution in [2.24, 2.45) is 21.5 Å². The largest absolute Gasteiger partial charge is 0.490 e. The van der Waals surface area contributed by atoms with Gasteiger partial charge in [-0.25, -0.2) is 14.8 Å². The van der Waals surface area contributed by atoms with E-state index in [0.717, 1.165) is 92.5 Å². The lowest BCUT2D eigenvalue weighted by atomic mass is 10.0. The van der Waals surface area contributed by atoms with E-state index in [1.54, 1.807) is 6.07 Å². The van der Waals surface area contributed by atoms with E-state index in [4.69, 9.17) is 40.3 Å². The van der Waals surface area contributed by atoms with Crippen LogP contribution in [0.1, 0.15) is 87.4 Å². The quantitative estimate of drug-likeness (QED) is 0.0353. The number of guanidine groups is 2. The Balaban J connectivity index is 0.00000149. The molecule has 0 unspecified atom stereocenters. The van der Waals surface area contributed by atoms with Gasteiger partial charge in [0.05, 0.1) is 63.7 Å². The first-order valence-corrected chi connectivity index (χ1v) is 28.2. The summed E-state index contributed by atoms with van der Waals surface area (Å²) < 4.78 is 55.9. The van der Waals surface area contributed by atoms with E-state index in [2.05, 4.69) is 59.2 Å². The Morgan fingerprint density at radius 2 is 1.15 bits per heavy atom. The number of nitrogens with two attached hydrogens (primary N) is 2. The minimum absolute atomic E-state index is 0.0924. The van der Waals surface area contributed by atoms with Crippen LogP contribution < -0.4 is 38.1 Å². The number of carboxylic acid groups (broad SMARTS) is 1. The first-order valence-electron chi connectivity index (χ1n) is 25.0. The fraction of sp³-hybridized carbons (Fsp3) is 0.745. The highest BCUT2D eigenvalue weighted by atomic mass is 127. The molecule has 0 radical (unpaired) electrons. The topological polar surface area (TPSA) is 266 Å². The van der Waals surface area contributed by atoms with Crippen molar-refractivity contribution in [3.8, 4) is 0 Å². The smallest absolute Gasteiger partial charge is 0.475 e. The fourth-order valence-electron chi connectivity index (χ4n) is 8.24. The van der Waals surface area contributed by atoms with Gasteiger partial charge in [-0.1, -0.05) is 31.7 Å². The Labute approximate surface area is 443 Å². The Hall–Kier alpha value is -3.34. The lowest BCUT2D eigenvalue weighted by molar-refractivity contribution is -0.192. The summed E-state index contributed by atoms with van der Waals surface area (Å²) >= 11 is 6.20. The van der Waals surface area contributed by atoms with Gasteiger partial charge in [0.15, 0.2) is 11.9 Å². The third-order valence-corrected chi connectivity index (χ3v) is 15.6. The first-order chi connectivity index (χ1) is 34.7. The molecule has 4 aliphatic rings. The highest BCUT2D eigenvalue weighted by Gasteiger charge is 2.41. The Morgan fingerprint density at radius 1 is 0.681 bits per heavy atom. The lowest BCUT2D eigenvalue weighted by Crippen LogP contribution is -2.44. The van der Waals surface area contributed by atoms with Crippen LogP contribution in [0.3, 0.4) is 0 Å². The summed E-state index contributed by atoms with van der Waals surface area (Å²) in [6.07, 6.45) is 7.33. The second kappa shape index (κ2) is 35.0. The maximum absolute atomic E-state index is 12.9. The average Bonchev–Trinajstić information content (AvgIpc) is 4.10. The van der Waals surface area contributed by atoms with E-state index in [-0.39, 0.29) is 30.8 Å². The zero-order valence-electron chi connectivity index (χ0n) is 41.1. The number of thioether (sulfide) groups is 2. The van der Waals surface area contributed by atoms with Gasteiger partial charge in [-0.2, -0.15) is 36.7 Å². The first kappa shape index (κ1) is 61.2. The van der Waals surface area contributed by atoms with Crippen LogP contribution in [-0.2, 0) is 33.3 Å². The van der Waals surface area contributed by atoms with Crippen LogP contribution in [0.5, 0.6) is 0 Å². The summed E-state index contributed by atoms with van der Waals surface area (Å²) in [7, 11) is 0. The van der Waals surface area contributed by atoms with E-state index in [1.165, 1.54) is 12.8 Å². The maximum atomic E-state index is 12.9. The minimum Gasteiger partial charge on any atom is -0.475 e. The predicted octanol–water partition coefficient (Wildman–Crippen LogP) is 3.48. The van der Waals surface area contributed by atoms with Crippen molar-refractivity contribution in [2.75, 3.05) is 104 Å². The van der Waals surface area contributed by atoms with Crippen molar-refractivity contribution in [1.82, 2.24) is 31.5 Å². The highest BCUT2D eigenvalue weighted by molar-refractivity contribution is 14.1. The highest BCUT2D eigenvalue weighted by Crippen LogP contribution is 2.36. The molecule has 2 fully saturated rings. The van der Waals surface area contributed by atoms with E-state index in [9.17, 15) is 27.6 Å². The number of alkyl halides is 3. The number of carboxylic acids is 1. The standard InChI is InChI=1S/C45H75IN10O7S2.C2HF3O2/c46-34-13-11-12-33(28-34)43(59)51-18-24-62-26-27-63-25-19-56(29-39(57)49-16-5-9-22-60-20-7-1-3-14-37-41-35(31-64-37)52-44(47)54-41)30-40(58)50-17-6-10-23-61-21-8-2-4-15-38-42-36(32-65-38)53-45(48)55-42;3-2(4,5)1(6)7/h11-13,28,35-38,41-42H,1-10,14-27,29-32H2,(H,49,57)(H,50,58)(H,51,59)(H3,47,52,54)(H3,48,53,55);(H,6,7)/t35-,36-,37-,38-,41-,42-;/m0./s1. The van der Waals surface area contributed by atoms with E-state index >= 15 is 0 Å². The van der Waals surface area contributed by atoms with Crippen molar-refractivity contribution >= 4 is 81.7 Å². The van der Waals surface area contributed by atoms with Crippen molar-refractivity contribution in [3.63, 3.8) is 0 Å². The molecule has 2 saturated heterocycles. The molecular formula is C47H76F3IN10O9S2. The summed E-state index contributed by atoms with van der Waals surface area (Å²) in [4.78, 5) is 58.1. The molecule has 5 rings (SSSR count). The summed E-state index contributed by atoms with van der Waals surface area (Å²) in [5, 5.41) is 23.7. The molecule has 1 aromatic carbocycles. The SMILES string of the molecule is NC1=N[C@H]2[C@H](CS[C@H]2CCCCCOCCCCNC(=O)CN(CCOCCOCCNC(=O)c2cccc(I)c2)CC(=O)NCCCCOCCCCC[C@@H]2SC[C@@H]3NC(N)=N[C@@H]32)N1.O=C(O)C(F)(F)F.